The van der Waals surface area contributed by atoms with Gasteiger partial charge in [0.1, 0.15) is 18.2 Å². The van der Waals surface area contributed by atoms with Crippen LogP contribution < -0.4 is 19.9 Å². The van der Waals surface area contributed by atoms with Crippen molar-refractivity contribution in [3.05, 3.63) is 53.8 Å². The highest BCUT2D eigenvalue weighted by atomic mass is 19.3. The molecule has 0 spiro atoms. The topological polar surface area (TPSA) is 75.3 Å². The molecule has 9 heteroatoms. The van der Waals surface area contributed by atoms with E-state index in [1.54, 1.807) is 0 Å². The van der Waals surface area contributed by atoms with Gasteiger partial charge in [0, 0.05) is 12.0 Å². The van der Waals surface area contributed by atoms with E-state index in [2.05, 4.69) is 9.89 Å². The van der Waals surface area contributed by atoms with Gasteiger partial charge in [-0.2, -0.15) is 8.78 Å². The molecule has 0 heterocycles. The van der Waals surface area contributed by atoms with Crippen molar-refractivity contribution in [3.8, 4) is 17.2 Å². The van der Waals surface area contributed by atoms with Gasteiger partial charge in [-0.25, -0.2) is 4.39 Å². The second-order valence-electron chi connectivity index (χ2n) is 5.21. The fourth-order valence-electron chi connectivity index (χ4n) is 2.03. The summed E-state index contributed by atoms with van der Waals surface area (Å²) in [6.07, 6.45) is 0.526. The normalized spacial score (nSPS) is 11.4. The third-order valence-electron chi connectivity index (χ3n) is 3.30. The largest absolute Gasteiger partial charge is 0.493 e. The van der Waals surface area contributed by atoms with Crippen LogP contribution in [-0.4, -0.2) is 32.8 Å². The minimum Gasteiger partial charge on any atom is -0.493 e. The third kappa shape index (κ3) is 6.61. The lowest BCUT2D eigenvalue weighted by Crippen LogP contribution is -2.15. The molecule has 146 valence electrons. The number of halogens is 3. The fraction of sp³-hybridized carbons (Fsp3) is 0.278. The van der Waals surface area contributed by atoms with Gasteiger partial charge in [0.05, 0.1) is 13.7 Å². The van der Waals surface area contributed by atoms with E-state index in [4.69, 9.17) is 20.0 Å². The highest BCUT2D eigenvalue weighted by Gasteiger charge is 2.12. The summed E-state index contributed by atoms with van der Waals surface area (Å²) in [6.45, 7) is -2.36. The number of benzene rings is 2. The van der Waals surface area contributed by atoms with Crippen molar-refractivity contribution < 1.29 is 32.2 Å². The molecule has 2 N–H and O–H groups in total. The predicted molar refractivity (Wildman–Crippen MR) is 92.8 cm³/mol. The van der Waals surface area contributed by atoms with Gasteiger partial charge in [-0.1, -0.05) is 5.16 Å². The molecule has 27 heavy (non-hydrogen) atoms. The smallest absolute Gasteiger partial charge is 0.387 e. The number of nitrogens with zero attached hydrogens (tertiary/aromatic N) is 1. The average molecular weight is 384 g/mol. The first kappa shape index (κ1) is 20.2. The Bertz CT molecular complexity index is 755. The minimum absolute atomic E-state index is 0.0522. The fourth-order valence-corrected chi connectivity index (χ4v) is 2.03. The monoisotopic (exact) mass is 384 g/mol. The summed E-state index contributed by atoms with van der Waals surface area (Å²) >= 11 is 0. The molecule has 0 aliphatic carbocycles. The Balaban J connectivity index is 1.80. The predicted octanol–water partition coefficient (Wildman–Crippen LogP) is 3.54. The van der Waals surface area contributed by atoms with Crippen molar-refractivity contribution in [1.82, 2.24) is 0 Å². The van der Waals surface area contributed by atoms with Gasteiger partial charge in [-0.3, -0.25) is 0 Å². The number of hydrogen-bond donors (Lipinski definition) is 1. The summed E-state index contributed by atoms with van der Waals surface area (Å²) < 4.78 is 52.1. The lowest BCUT2D eigenvalue weighted by molar-refractivity contribution is -0.0512. The van der Waals surface area contributed by atoms with Gasteiger partial charge in [-0.15, -0.1) is 0 Å². The van der Waals surface area contributed by atoms with E-state index in [0.717, 1.165) is 0 Å². The summed E-state index contributed by atoms with van der Waals surface area (Å²) in [4.78, 5) is 5.11. The van der Waals surface area contributed by atoms with E-state index >= 15 is 0 Å². The lowest BCUT2D eigenvalue weighted by Gasteiger charge is -2.11. The molecule has 0 amide bonds. The van der Waals surface area contributed by atoms with Gasteiger partial charge in [0.15, 0.2) is 17.3 Å². The standard InChI is InChI=1S/C18H19F3N2O4/c1-24-16-11-12(3-8-15(16)27-18(20)21)17(22)23-26-10-2-9-25-14-6-4-13(19)5-7-14/h3-8,11,18H,2,9-10H2,1H3,(H2,22,23). The molecule has 0 bridgehead atoms. The molecule has 0 unspecified atom stereocenters. The molecule has 6 nitrogen and oxygen atoms in total. The number of oxime groups is 1. The molecule has 0 aliphatic heterocycles. The van der Waals surface area contributed by atoms with E-state index in [9.17, 15) is 13.2 Å². The molecule has 2 rings (SSSR count). The average Bonchev–Trinajstić information content (AvgIpc) is 2.65. The summed E-state index contributed by atoms with van der Waals surface area (Å²) in [5, 5.41) is 3.76. The maximum Gasteiger partial charge on any atom is 0.387 e. The van der Waals surface area contributed by atoms with Crippen LogP contribution in [0.2, 0.25) is 0 Å². The molecular weight excluding hydrogens is 365 g/mol. The molecule has 0 radical (unpaired) electrons. The molecule has 0 fully saturated rings. The van der Waals surface area contributed by atoms with Crippen LogP contribution in [0, 0.1) is 5.82 Å². The van der Waals surface area contributed by atoms with Gasteiger partial charge >= 0.3 is 6.61 Å². The number of alkyl halides is 2. The first-order chi connectivity index (χ1) is 13.0. The Morgan fingerprint density at radius 2 is 1.81 bits per heavy atom. The van der Waals surface area contributed by atoms with Gasteiger partial charge in [-0.05, 0) is 42.5 Å². The van der Waals surface area contributed by atoms with E-state index in [1.165, 1.54) is 49.6 Å². The molecule has 2 aromatic rings. The van der Waals surface area contributed by atoms with Crippen LogP contribution in [0.15, 0.2) is 47.6 Å². The van der Waals surface area contributed by atoms with Crippen LogP contribution in [0.1, 0.15) is 12.0 Å². The number of nitrogens with two attached hydrogens (primary N) is 1. The zero-order chi connectivity index (χ0) is 19.6. The Morgan fingerprint density at radius 3 is 2.48 bits per heavy atom. The Kier molecular flexibility index (Phi) is 7.60. The molecule has 0 atom stereocenters. The van der Waals surface area contributed by atoms with Gasteiger partial charge < -0.3 is 24.8 Å². The maximum absolute atomic E-state index is 12.8. The molecule has 0 saturated carbocycles. The number of hydrogen-bond acceptors (Lipinski definition) is 5. The maximum atomic E-state index is 12.8. The van der Waals surface area contributed by atoms with Crippen molar-refractivity contribution in [2.45, 2.75) is 13.0 Å². The van der Waals surface area contributed by atoms with E-state index in [0.29, 0.717) is 24.3 Å². The minimum atomic E-state index is -2.96. The van der Waals surface area contributed by atoms with Crippen LogP contribution in [-0.2, 0) is 4.84 Å². The molecule has 0 aromatic heterocycles. The number of ether oxygens (including phenoxy) is 3. The third-order valence-corrected chi connectivity index (χ3v) is 3.30. The second kappa shape index (κ2) is 10.1. The van der Waals surface area contributed by atoms with Crippen molar-refractivity contribution in [2.75, 3.05) is 20.3 Å². The summed E-state index contributed by atoms with van der Waals surface area (Å²) in [6, 6.07) is 9.85. The van der Waals surface area contributed by atoms with Crippen molar-refractivity contribution in [3.63, 3.8) is 0 Å². The highest BCUT2D eigenvalue weighted by molar-refractivity contribution is 5.97. The Morgan fingerprint density at radius 1 is 1.07 bits per heavy atom. The highest BCUT2D eigenvalue weighted by Crippen LogP contribution is 2.29. The summed E-state index contributed by atoms with van der Waals surface area (Å²) in [5.74, 6) is 0.261. The Hall–Kier alpha value is -3.10. The van der Waals surface area contributed by atoms with Crippen LogP contribution in [0.4, 0.5) is 13.2 Å². The number of rotatable bonds is 10. The second-order valence-corrected chi connectivity index (χ2v) is 5.21. The summed E-state index contributed by atoms with van der Waals surface area (Å²) in [5.41, 5.74) is 6.23. The zero-order valence-electron chi connectivity index (χ0n) is 14.5. The van der Waals surface area contributed by atoms with E-state index < -0.39 is 6.61 Å². The quantitative estimate of drug-likeness (QED) is 0.294. The molecule has 0 aliphatic rings. The molecular formula is C18H19F3N2O4. The summed E-state index contributed by atoms with van der Waals surface area (Å²) in [7, 11) is 1.32. The first-order valence-electron chi connectivity index (χ1n) is 7.96. The van der Waals surface area contributed by atoms with Crippen molar-refractivity contribution in [2.24, 2.45) is 10.9 Å². The van der Waals surface area contributed by atoms with Crippen LogP contribution in [0.3, 0.4) is 0 Å². The first-order valence-corrected chi connectivity index (χ1v) is 7.96. The van der Waals surface area contributed by atoms with E-state index in [1.807, 2.05) is 0 Å². The van der Waals surface area contributed by atoms with Crippen molar-refractivity contribution >= 4 is 5.84 Å². The molecule has 2 aromatic carbocycles. The van der Waals surface area contributed by atoms with E-state index in [-0.39, 0.29) is 29.8 Å². The number of amidine groups is 1. The van der Waals surface area contributed by atoms with Crippen LogP contribution in [0.25, 0.3) is 0 Å². The Labute approximate surface area is 154 Å². The zero-order valence-corrected chi connectivity index (χ0v) is 14.5. The lowest BCUT2D eigenvalue weighted by atomic mass is 10.2. The molecule has 0 saturated heterocycles. The SMILES string of the molecule is COc1cc(/C(N)=N/OCCCOc2ccc(F)cc2)ccc1OC(F)F. The number of methoxy groups -OCH3 is 1. The van der Waals surface area contributed by atoms with Crippen molar-refractivity contribution in [1.29, 1.82) is 0 Å². The van der Waals surface area contributed by atoms with Gasteiger partial charge in [0.25, 0.3) is 0 Å². The van der Waals surface area contributed by atoms with Crippen LogP contribution in [0.5, 0.6) is 17.2 Å². The van der Waals surface area contributed by atoms with Gasteiger partial charge in [0.2, 0.25) is 0 Å². The van der Waals surface area contributed by atoms with Crippen LogP contribution >= 0.6 is 0 Å².